The molecule has 0 radical (unpaired) electrons. The Morgan fingerprint density at radius 1 is 0.436 bits per heavy atom. The molecule has 2 aliphatic heterocycles. The summed E-state index contributed by atoms with van der Waals surface area (Å²) < 4.78 is 35.7. The molecule has 0 bridgehead atoms. The maximum Gasteiger partial charge on any atom is 0.337 e. The highest BCUT2D eigenvalue weighted by atomic mass is 32.2. The van der Waals surface area contributed by atoms with E-state index in [9.17, 15) is 67.4 Å². The van der Waals surface area contributed by atoms with E-state index in [-0.39, 0.29) is 178 Å². The number of carbonyl (C=O) groups is 10. The lowest BCUT2D eigenvalue weighted by molar-refractivity contribution is -0.200. The number of benzene rings is 3. The average molecular weight is 1910 g/mol. The van der Waals surface area contributed by atoms with Crippen LogP contribution in [0.1, 0.15) is 97.6 Å². The van der Waals surface area contributed by atoms with Gasteiger partial charge in [0.25, 0.3) is 23.6 Å². The average Bonchev–Trinajstić information content (AvgIpc) is 1.64. The number of nitrogens with two attached hydrogens (primary N) is 3. The zero-order chi connectivity index (χ0) is 96.8. The molecular formula is C87H119N21O22S3. The molecule has 0 saturated carbocycles. The van der Waals surface area contributed by atoms with E-state index in [2.05, 4.69) is 55.1 Å². The van der Waals surface area contributed by atoms with Gasteiger partial charge in [-0.25, -0.2) is 19.2 Å². The monoisotopic (exact) mass is 1910 g/mol. The van der Waals surface area contributed by atoms with Crippen molar-refractivity contribution in [2.24, 2.45) is 17.8 Å². The van der Waals surface area contributed by atoms with Gasteiger partial charge in [-0.2, -0.15) is 70.3 Å². The lowest BCUT2D eigenvalue weighted by Gasteiger charge is -2.19. The third-order valence-corrected chi connectivity index (χ3v) is 23.9. The number of thioether (sulfide) groups is 3. The standard InChI is InChI=1S/C30H39N7O8S.C27H39N7O5S.C26H36N6O6S.C4H5NO3/c1-35(2)12-15-46-18-21(28(41)45-37-23(39)10-11-24(37)40)16-22(38)9-8-19-4-6-20(7-5-19)17-36-27-25(32-30(36)42)26(31)33-29(34-27)44-14-13-43-3;1-29-25(36)20(17-40-14-11-33(2)3)15-21(35)10-9-18-5-7-19(8-6-18)16-34-24-22(30-27(34)37)23(28)31-26(32-24)39-13-12-38-4;1-31(2)10-13-39-16-19(24(34)35)14-20(33)9-8-17-4-6-18(7-5-17)15-32-23-21(28-26(32)36)22(27)29-25(30-23)38-12-11-37-3;6-3-1-2-4(7)5(3)8/h4-7,21H,8-18H2,1-3H3,(H,32,42)(H2,31,33,34);5-8,20H,9-17H2,1-4H3,(H,29,36)(H,30,37)(H2,28,31,32);4-7,19H,8-16H2,1-3H3,(H,28,36)(H,34,35)(H2,27,29,30);8H,1-2H2. The minimum Gasteiger partial charge on any atom is -0.481 e. The summed E-state index contributed by atoms with van der Waals surface area (Å²) >= 11 is 4.76. The molecule has 12 N–H and O–H groups in total. The van der Waals surface area contributed by atoms with E-state index >= 15 is 0 Å². The third-order valence-electron chi connectivity index (χ3n) is 20.6. The number of H-pyrrole nitrogens is 3. The number of hydrogen-bond acceptors (Lipinski definition) is 36. The maximum atomic E-state index is 13.0. The van der Waals surface area contributed by atoms with Crippen LogP contribution in [-0.4, -0.2) is 317 Å². The Morgan fingerprint density at radius 3 is 1.02 bits per heavy atom. The number of aliphatic carboxylic acids is 1. The normalized spacial score (nSPS) is 13.3. The van der Waals surface area contributed by atoms with E-state index in [0.717, 1.165) is 70.3 Å². The van der Waals surface area contributed by atoms with Crippen LogP contribution >= 0.6 is 35.3 Å². The van der Waals surface area contributed by atoms with E-state index in [4.69, 9.17) is 55.7 Å². The smallest absolute Gasteiger partial charge is 0.337 e. The van der Waals surface area contributed by atoms with Gasteiger partial charge in [-0.3, -0.25) is 62.1 Å². The second-order valence-electron chi connectivity index (χ2n) is 31.8. The summed E-state index contributed by atoms with van der Waals surface area (Å²) in [6.07, 6.45) is 2.86. The van der Waals surface area contributed by atoms with Crippen molar-refractivity contribution in [3.05, 3.63) is 138 Å². The number of ether oxygens (including phenoxy) is 6. The first kappa shape index (κ1) is 106. The van der Waals surface area contributed by atoms with Gasteiger partial charge in [0.2, 0.25) is 5.91 Å². The number of hydroxylamine groups is 4. The van der Waals surface area contributed by atoms with Crippen molar-refractivity contribution in [3.63, 3.8) is 0 Å². The Hall–Kier alpha value is -12.0. The van der Waals surface area contributed by atoms with Gasteiger partial charge in [0.1, 0.15) is 53.7 Å². The number of anilines is 3. The van der Waals surface area contributed by atoms with Gasteiger partial charge in [-0.15, -0.1) is 5.06 Å². The van der Waals surface area contributed by atoms with Crippen molar-refractivity contribution in [1.82, 2.24) is 88.7 Å². The number of methoxy groups -OCH3 is 3. The minimum atomic E-state index is -0.932. The fourth-order valence-electron chi connectivity index (χ4n) is 13.0. The number of carboxylic acid groups (broad SMARTS) is 1. The van der Waals surface area contributed by atoms with Crippen LogP contribution in [0, 0.1) is 17.8 Å². The van der Waals surface area contributed by atoms with Crippen LogP contribution in [-0.2, 0) is 106 Å². The maximum absolute atomic E-state index is 13.0. The van der Waals surface area contributed by atoms with Crippen molar-refractivity contribution >= 4 is 145 Å². The number of aromatic amines is 3. The van der Waals surface area contributed by atoms with Gasteiger partial charge >= 0.3 is 47.0 Å². The molecular weight excluding hydrogens is 1790 g/mol. The van der Waals surface area contributed by atoms with Crippen LogP contribution in [0.25, 0.3) is 33.5 Å². The number of carboxylic acids is 1. The molecule has 722 valence electrons. The van der Waals surface area contributed by atoms with Gasteiger partial charge in [0.05, 0.1) is 57.2 Å². The summed E-state index contributed by atoms with van der Waals surface area (Å²) in [5.74, 6) is -1.66. The Kier molecular flexibility index (Phi) is 43.4. The van der Waals surface area contributed by atoms with Crippen LogP contribution in [0.4, 0.5) is 17.5 Å². The third kappa shape index (κ3) is 34.2. The van der Waals surface area contributed by atoms with Crippen molar-refractivity contribution in [3.8, 4) is 18.0 Å². The number of imide groups is 2. The van der Waals surface area contributed by atoms with Gasteiger partial charge < -0.3 is 90.5 Å². The van der Waals surface area contributed by atoms with Crippen molar-refractivity contribution in [2.45, 2.75) is 103 Å². The SMILES string of the molecule is CNC(=O)C(CSCCN(C)C)CC(=O)CCc1ccc(Cn2c(=O)[nH]c3c(N)nc(OCCOC)nc32)cc1.COCCOc1nc(N)c2[nH]c(=O)n(Cc3ccc(CCC(=O)CC(CSCCN(C)C)C(=O)O)cc3)c2n1.COCCOc1nc(N)c2[nH]c(=O)n(Cc3ccc(CCC(=O)CC(CSCCN(C)C)C(=O)ON4C(=O)CCC4=O)cc3)c2n1.O=C1CCC(=O)N1O. The predicted molar refractivity (Wildman–Crippen MR) is 500 cm³/mol. The number of aromatic nitrogens is 12. The number of fused-ring (bicyclic) bond motifs is 3. The highest BCUT2D eigenvalue weighted by Gasteiger charge is 2.36. The van der Waals surface area contributed by atoms with Crippen molar-refractivity contribution in [2.75, 3.05) is 182 Å². The second kappa shape index (κ2) is 54.2. The van der Waals surface area contributed by atoms with E-state index in [0.29, 0.717) is 101 Å². The van der Waals surface area contributed by atoms with Gasteiger partial charge in [-0.05, 0) is 94.9 Å². The van der Waals surface area contributed by atoms with E-state index in [1.165, 1.54) is 25.5 Å². The lowest BCUT2D eigenvalue weighted by Crippen LogP contribution is -2.36. The Morgan fingerprint density at radius 2 is 0.729 bits per heavy atom. The molecule has 9 aromatic rings. The molecule has 6 aromatic heterocycles. The predicted octanol–water partition coefficient (Wildman–Crippen LogP) is 3.70. The number of ketones is 3. The van der Waals surface area contributed by atoms with Crippen LogP contribution < -0.4 is 53.8 Å². The number of imidazole rings is 3. The Bertz CT molecular complexity index is 5560. The molecule has 8 heterocycles. The minimum absolute atomic E-state index is 0.00118. The summed E-state index contributed by atoms with van der Waals surface area (Å²) in [6.45, 7) is 5.09. The fourth-order valence-corrected chi connectivity index (χ4v) is 16.6. The number of rotatable bonds is 52. The van der Waals surface area contributed by atoms with Gasteiger partial charge in [-0.1, -0.05) is 72.8 Å². The lowest BCUT2D eigenvalue weighted by atomic mass is 9.98. The summed E-state index contributed by atoms with van der Waals surface area (Å²) in [5, 5.41) is 21.3. The number of nitrogens with zero attached hydrogens (tertiary/aromatic N) is 14. The number of carbonyl (C=O) groups excluding carboxylic acids is 9. The fraction of sp³-hybridized carbons (Fsp3) is 0.506. The molecule has 2 aliphatic rings. The van der Waals surface area contributed by atoms with Gasteiger partial charge in [0, 0.05) is 147 Å². The molecule has 5 amide bonds. The van der Waals surface area contributed by atoms with Gasteiger partial charge in [0.15, 0.2) is 34.4 Å². The molecule has 2 saturated heterocycles. The van der Waals surface area contributed by atoms with Crippen LogP contribution in [0.2, 0.25) is 0 Å². The van der Waals surface area contributed by atoms with E-state index < -0.39 is 53.1 Å². The molecule has 11 rings (SSSR count). The molecule has 3 atom stereocenters. The van der Waals surface area contributed by atoms with Crippen LogP contribution in [0.3, 0.4) is 0 Å². The number of Topliss-reactive ketones (excluding diaryl/α,β-unsaturated/α-hetero) is 3. The summed E-state index contributed by atoms with van der Waals surface area (Å²) in [5.41, 5.74) is 24.3. The summed E-state index contributed by atoms with van der Waals surface area (Å²) in [4.78, 5) is 202. The van der Waals surface area contributed by atoms with Crippen molar-refractivity contribution < 1.29 is 91.5 Å². The molecule has 2 fully saturated rings. The Labute approximate surface area is 779 Å². The number of amides is 5. The first-order valence-corrected chi connectivity index (χ1v) is 46.3. The highest BCUT2D eigenvalue weighted by molar-refractivity contribution is 7.99. The first-order chi connectivity index (χ1) is 63.6. The molecule has 0 aliphatic carbocycles. The largest absolute Gasteiger partial charge is 0.481 e. The number of nitrogen functional groups attached to an aromatic ring is 3. The van der Waals surface area contributed by atoms with Crippen LogP contribution in [0.15, 0.2) is 87.2 Å². The second-order valence-corrected chi connectivity index (χ2v) is 35.2. The van der Waals surface area contributed by atoms with E-state index in [1.54, 1.807) is 51.9 Å². The van der Waals surface area contributed by atoms with E-state index in [1.807, 2.05) is 125 Å². The number of hydrogen-bond donors (Lipinski definition) is 9. The molecule has 43 nitrogen and oxygen atoms in total. The van der Waals surface area contributed by atoms with Crippen molar-refractivity contribution in [1.29, 1.82) is 0 Å². The molecule has 3 unspecified atom stereocenters. The summed E-state index contributed by atoms with van der Waals surface area (Å²) in [7, 11) is 18.1. The molecule has 0 spiro atoms. The summed E-state index contributed by atoms with van der Waals surface area (Å²) in [6, 6.07) is 22.9. The topological polar surface area (TPSA) is 573 Å². The first-order valence-electron chi connectivity index (χ1n) is 42.8. The molecule has 46 heteroatoms. The van der Waals surface area contributed by atoms with Crippen LogP contribution in [0.5, 0.6) is 18.0 Å². The zero-order valence-electron chi connectivity index (χ0n) is 76.4. The zero-order valence-corrected chi connectivity index (χ0v) is 78.8. The highest BCUT2D eigenvalue weighted by Crippen LogP contribution is 2.27. The quantitative estimate of drug-likeness (QED) is 0.0149. The molecule has 133 heavy (non-hydrogen) atoms. The molecule has 3 aromatic carbocycles. The Balaban J connectivity index is 0.000000236. The number of nitrogens with one attached hydrogen (secondary N) is 4. The number of aryl methyl sites for hydroxylation is 3.